The van der Waals surface area contributed by atoms with Gasteiger partial charge in [-0.3, -0.25) is 9.59 Å². The number of hydrogen-bond acceptors (Lipinski definition) is 4. The molecule has 0 spiro atoms. The van der Waals surface area contributed by atoms with Gasteiger partial charge in [0.05, 0.1) is 17.0 Å². The number of benzene rings is 1. The van der Waals surface area contributed by atoms with E-state index in [9.17, 15) is 14.9 Å². The fourth-order valence-electron chi connectivity index (χ4n) is 5.23. The molecule has 0 saturated heterocycles. The lowest BCUT2D eigenvalue weighted by molar-refractivity contribution is -0.128. The highest BCUT2D eigenvalue weighted by molar-refractivity contribution is 6.04. The van der Waals surface area contributed by atoms with Crippen LogP contribution in [0.5, 0.6) is 0 Å². The molecule has 28 heavy (non-hydrogen) atoms. The largest absolute Gasteiger partial charge is 0.293 e. The van der Waals surface area contributed by atoms with Crippen molar-refractivity contribution in [3.8, 4) is 17.3 Å². The van der Waals surface area contributed by atoms with Crippen LogP contribution in [0.15, 0.2) is 42.0 Å². The number of nitriles is 1. The van der Waals surface area contributed by atoms with Crippen LogP contribution in [0.3, 0.4) is 0 Å². The van der Waals surface area contributed by atoms with Gasteiger partial charge >= 0.3 is 0 Å². The topological polar surface area (TPSA) is 75.8 Å². The second-order valence-corrected chi connectivity index (χ2v) is 8.57. The van der Waals surface area contributed by atoms with E-state index in [0.29, 0.717) is 0 Å². The zero-order valence-electron chi connectivity index (χ0n) is 16.6. The van der Waals surface area contributed by atoms with Gasteiger partial charge in [-0.2, -0.15) is 15.0 Å². The first-order valence-corrected chi connectivity index (χ1v) is 9.58. The summed E-state index contributed by atoms with van der Waals surface area (Å²) in [4.78, 5) is 25.2. The minimum absolute atomic E-state index is 0.0241. The normalized spacial score (nSPS) is 25.3. The van der Waals surface area contributed by atoms with Crippen LogP contribution in [0.25, 0.3) is 11.3 Å². The van der Waals surface area contributed by atoms with Crippen molar-refractivity contribution >= 4 is 11.7 Å². The van der Waals surface area contributed by atoms with Crippen molar-refractivity contribution in [1.29, 1.82) is 5.26 Å². The molecule has 2 aromatic rings. The summed E-state index contributed by atoms with van der Waals surface area (Å²) in [5.74, 6) is -0.227. The van der Waals surface area contributed by atoms with Gasteiger partial charge in [0.15, 0.2) is 5.78 Å². The van der Waals surface area contributed by atoms with Crippen LogP contribution in [0, 0.1) is 22.7 Å². The van der Waals surface area contributed by atoms with Crippen molar-refractivity contribution in [2.45, 2.75) is 46.0 Å². The molecule has 2 aliphatic rings. The molecule has 4 rings (SSSR count). The Morgan fingerprint density at radius 3 is 2.54 bits per heavy atom. The van der Waals surface area contributed by atoms with Crippen LogP contribution >= 0.6 is 0 Å². The second kappa shape index (κ2) is 6.00. The van der Waals surface area contributed by atoms with E-state index in [2.05, 4.69) is 6.07 Å². The number of rotatable bonds is 1. The predicted molar refractivity (Wildman–Crippen MR) is 106 cm³/mol. The standard InChI is InChI=1S/C23H23N3O2/c1-14(27)26-19(15-8-6-5-7-9-15)17-10-11-18-22(2,3)21(28)16(13-24)12-23(18,4)20(17)25-26/h5-9,12,18H,10-11H2,1-4H3. The van der Waals surface area contributed by atoms with Gasteiger partial charge in [-0.15, -0.1) is 0 Å². The van der Waals surface area contributed by atoms with Crippen molar-refractivity contribution in [3.63, 3.8) is 0 Å². The molecule has 142 valence electrons. The van der Waals surface area contributed by atoms with Gasteiger partial charge < -0.3 is 0 Å². The number of carbonyl (C=O) groups excluding carboxylic acids is 2. The highest BCUT2D eigenvalue weighted by Crippen LogP contribution is 2.55. The summed E-state index contributed by atoms with van der Waals surface area (Å²) in [5, 5.41) is 14.3. The molecule has 0 aliphatic heterocycles. The van der Waals surface area contributed by atoms with E-state index in [-0.39, 0.29) is 23.2 Å². The Morgan fingerprint density at radius 2 is 1.93 bits per heavy atom. The van der Waals surface area contributed by atoms with Crippen LogP contribution in [0.4, 0.5) is 0 Å². The number of hydrogen-bond donors (Lipinski definition) is 0. The molecule has 1 heterocycles. The van der Waals surface area contributed by atoms with Gasteiger partial charge in [0, 0.05) is 28.9 Å². The second-order valence-electron chi connectivity index (χ2n) is 8.57. The Balaban J connectivity index is 2.02. The van der Waals surface area contributed by atoms with E-state index >= 15 is 0 Å². The molecule has 0 bridgehead atoms. The number of allylic oxidation sites excluding steroid dienone is 2. The summed E-state index contributed by atoms with van der Waals surface area (Å²) in [6, 6.07) is 11.9. The third-order valence-electron chi connectivity index (χ3n) is 6.51. The molecular formula is C23H23N3O2. The van der Waals surface area contributed by atoms with E-state index in [0.717, 1.165) is 35.4 Å². The number of carbonyl (C=O) groups is 2. The van der Waals surface area contributed by atoms with Gasteiger partial charge in [-0.25, -0.2) is 0 Å². The smallest absolute Gasteiger partial charge is 0.244 e. The molecule has 0 radical (unpaired) electrons. The number of nitrogens with zero attached hydrogens (tertiary/aromatic N) is 3. The summed E-state index contributed by atoms with van der Waals surface area (Å²) >= 11 is 0. The molecule has 2 unspecified atom stereocenters. The third-order valence-corrected chi connectivity index (χ3v) is 6.51. The van der Waals surface area contributed by atoms with Crippen molar-refractivity contribution in [3.05, 3.63) is 53.2 Å². The molecule has 5 heteroatoms. The molecule has 2 atom stereocenters. The van der Waals surface area contributed by atoms with Gasteiger partial charge in [0.25, 0.3) is 0 Å². The molecule has 1 aromatic carbocycles. The molecule has 0 fully saturated rings. The molecule has 1 aromatic heterocycles. The Hall–Kier alpha value is -3.00. The molecule has 0 amide bonds. The zero-order chi connectivity index (χ0) is 20.3. The summed E-state index contributed by atoms with van der Waals surface area (Å²) in [6.07, 6.45) is 3.34. The Labute approximate surface area is 164 Å². The van der Waals surface area contributed by atoms with E-state index in [4.69, 9.17) is 5.10 Å². The van der Waals surface area contributed by atoms with E-state index < -0.39 is 10.8 Å². The first kappa shape index (κ1) is 18.4. The minimum atomic E-state index is -0.654. The van der Waals surface area contributed by atoms with Gasteiger partial charge in [-0.05, 0) is 18.8 Å². The molecule has 5 nitrogen and oxygen atoms in total. The van der Waals surface area contributed by atoms with E-state index in [1.165, 1.54) is 11.6 Å². The van der Waals surface area contributed by atoms with Crippen molar-refractivity contribution in [1.82, 2.24) is 9.78 Å². The average Bonchev–Trinajstić information content (AvgIpc) is 3.07. The minimum Gasteiger partial charge on any atom is -0.293 e. The number of fused-ring (bicyclic) bond motifs is 3. The van der Waals surface area contributed by atoms with Crippen LogP contribution in [-0.2, 0) is 16.6 Å². The highest BCUT2D eigenvalue weighted by atomic mass is 16.2. The molecule has 0 saturated carbocycles. The SMILES string of the molecule is CC(=O)n1nc2c(c1-c1ccccc1)CCC1C(C)(C)C(=O)C(C#N)=CC21C. The molecule has 2 aliphatic carbocycles. The lowest BCUT2D eigenvalue weighted by Gasteiger charge is -2.49. The maximum absolute atomic E-state index is 12.8. The zero-order valence-corrected chi connectivity index (χ0v) is 16.6. The number of aromatic nitrogens is 2. The third kappa shape index (κ3) is 2.34. The fraction of sp³-hybridized carbons (Fsp3) is 0.391. The van der Waals surface area contributed by atoms with Crippen molar-refractivity contribution in [2.24, 2.45) is 11.3 Å². The summed E-state index contributed by atoms with van der Waals surface area (Å²) in [5.41, 5.74) is 2.59. The van der Waals surface area contributed by atoms with E-state index in [1.54, 1.807) is 6.08 Å². The molecular weight excluding hydrogens is 350 g/mol. The van der Waals surface area contributed by atoms with Crippen LogP contribution in [0.1, 0.15) is 50.2 Å². The quantitative estimate of drug-likeness (QED) is 0.754. The Morgan fingerprint density at radius 1 is 1.25 bits per heavy atom. The number of Topliss-reactive ketones (excluding diaryl/α,β-unsaturated/α-hetero) is 1. The fourth-order valence-corrected chi connectivity index (χ4v) is 5.23. The van der Waals surface area contributed by atoms with Gasteiger partial charge in [0.1, 0.15) is 6.07 Å². The summed E-state index contributed by atoms with van der Waals surface area (Å²) < 4.78 is 1.48. The molecule has 0 N–H and O–H groups in total. The van der Waals surface area contributed by atoms with Gasteiger partial charge in [-0.1, -0.05) is 57.2 Å². The highest BCUT2D eigenvalue weighted by Gasteiger charge is 2.55. The maximum Gasteiger partial charge on any atom is 0.244 e. The Kier molecular flexibility index (Phi) is 3.94. The first-order valence-electron chi connectivity index (χ1n) is 9.58. The Bertz CT molecular complexity index is 1070. The summed E-state index contributed by atoms with van der Waals surface area (Å²) in [6.45, 7) is 7.41. The lowest BCUT2D eigenvalue weighted by Crippen LogP contribution is -2.51. The maximum atomic E-state index is 12.8. The van der Waals surface area contributed by atoms with Crippen LogP contribution in [-0.4, -0.2) is 21.5 Å². The van der Waals surface area contributed by atoms with Crippen molar-refractivity contribution in [2.75, 3.05) is 0 Å². The van der Waals surface area contributed by atoms with E-state index in [1.807, 2.05) is 51.1 Å². The number of ketones is 1. The van der Waals surface area contributed by atoms with Gasteiger partial charge in [0.2, 0.25) is 5.91 Å². The van der Waals surface area contributed by atoms with Crippen LogP contribution < -0.4 is 0 Å². The summed E-state index contributed by atoms with van der Waals surface area (Å²) in [7, 11) is 0. The monoisotopic (exact) mass is 373 g/mol. The average molecular weight is 373 g/mol. The predicted octanol–water partition coefficient (Wildman–Crippen LogP) is 4.09. The lowest BCUT2D eigenvalue weighted by atomic mass is 9.52. The van der Waals surface area contributed by atoms with Crippen LogP contribution in [0.2, 0.25) is 0 Å². The first-order chi connectivity index (χ1) is 13.2. The van der Waals surface area contributed by atoms with Crippen molar-refractivity contribution < 1.29 is 9.59 Å².